The predicted molar refractivity (Wildman–Crippen MR) is 81.7 cm³/mol. The Labute approximate surface area is 127 Å². The summed E-state index contributed by atoms with van der Waals surface area (Å²) in [6.07, 6.45) is 5.68. The smallest absolute Gasteiger partial charge is 0.242 e. The van der Waals surface area contributed by atoms with Crippen LogP contribution in [0.5, 0.6) is 0 Å². The maximum Gasteiger partial charge on any atom is 0.242 e. The van der Waals surface area contributed by atoms with E-state index in [4.69, 9.17) is 0 Å². The molecule has 0 radical (unpaired) electrons. The molecule has 8 heteroatoms. The molecule has 3 aliphatic rings. The number of H-pyrrole nitrogens is 2. The van der Waals surface area contributed by atoms with E-state index in [1.54, 1.807) is 6.20 Å². The van der Waals surface area contributed by atoms with Crippen LogP contribution in [0.25, 0.3) is 22.4 Å². The van der Waals surface area contributed by atoms with Gasteiger partial charge in [0.25, 0.3) is 0 Å². The molecule has 2 aliphatic heterocycles. The van der Waals surface area contributed by atoms with E-state index in [0.717, 1.165) is 36.8 Å². The number of rotatable bonds is 1. The molecule has 7 nitrogen and oxygen atoms in total. The van der Waals surface area contributed by atoms with Crippen LogP contribution in [-0.4, -0.2) is 33.4 Å². The van der Waals surface area contributed by atoms with Crippen LogP contribution in [0.4, 0.5) is 0 Å². The Balaban J connectivity index is 2.00. The number of nitrogens with one attached hydrogen (secondary N) is 2. The molecule has 0 saturated heterocycles. The van der Waals surface area contributed by atoms with Crippen molar-refractivity contribution in [2.45, 2.75) is 31.7 Å². The Morgan fingerprint density at radius 2 is 2.09 bits per heavy atom. The molecule has 0 unspecified atom stereocenters. The van der Waals surface area contributed by atoms with E-state index in [1.807, 2.05) is 10.7 Å². The third-order valence-corrected chi connectivity index (χ3v) is 4.92. The van der Waals surface area contributed by atoms with E-state index in [-0.39, 0.29) is 10.7 Å². The first-order chi connectivity index (χ1) is 10.6. The van der Waals surface area contributed by atoms with Gasteiger partial charge in [-0.1, -0.05) is 12.2 Å². The lowest BCUT2D eigenvalue weighted by molar-refractivity contribution is 0.366. The SMILES string of the molecule is C=C1CCC(n2[nH]nc3c(=S(=O)=O)nc4[nH]ccc4c2-3)CC1. The Kier molecular flexibility index (Phi) is 2.93. The van der Waals surface area contributed by atoms with Crippen molar-refractivity contribution in [2.24, 2.45) is 0 Å². The zero-order valence-corrected chi connectivity index (χ0v) is 12.7. The maximum atomic E-state index is 11.5. The number of pyridine rings is 1. The Morgan fingerprint density at radius 1 is 1.32 bits per heavy atom. The summed E-state index contributed by atoms with van der Waals surface area (Å²) >= 11 is 0. The molecule has 4 rings (SSSR count). The molecule has 1 aromatic heterocycles. The van der Waals surface area contributed by atoms with E-state index in [2.05, 4.69) is 26.9 Å². The quantitative estimate of drug-likeness (QED) is 0.531. The van der Waals surface area contributed by atoms with E-state index < -0.39 is 10.3 Å². The van der Waals surface area contributed by atoms with Crippen LogP contribution in [0.3, 0.4) is 0 Å². The predicted octanol–water partition coefficient (Wildman–Crippen LogP) is 2.27. The third-order valence-electron chi connectivity index (χ3n) is 4.32. The Morgan fingerprint density at radius 3 is 2.82 bits per heavy atom. The van der Waals surface area contributed by atoms with Crippen molar-refractivity contribution in [1.82, 2.24) is 25.0 Å². The van der Waals surface area contributed by atoms with Crippen LogP contribution in [0.1, 0.15) is 31.7 Å². The first-order valence-electron chi connectivity index (χ1n) is 7.18. The van der Waals surface area contributed by atoms with Crippen LogP contribution in [0, 0.1) is 4.64 Å². The van der Waals surface area contributed by atoms with Gasteiger partial charge in [0, 0.05) is 11.6 Å². The lowest BCUT2D eigenvalue weighted by atomic mass is 9.92. The molecule has 0 atom stereocenters. The van der Waals surface area contributed by atoms with Gasteiger partial charge in [-0.15, -0.1) is 0 Å². The van der Waals surface area contributed by atoms with Crippen LogP contribution >= 0.6 is 0 Å². The minimum atomic E-state index is -2.43. The molecule has 0 aromatic carbocycles. The molecule has 114 valence electrons. The van der Waals surface area contributed by atoms with Crippen LogP contribution < -0.4 is 0 Å². The van der Waals surface area contributed by atoms with E-state index in [1.165, 1.54) is 5.57 Å². The summed E-state index contributed by atoms with van der Waals surface area (Å²) in [7, 11) is -2.43. The maximum absolute atomic E-state index is 11.5. The normalized spacial score (nSPS) is 16.6. The number of hydrogen-bond donors (Lipinski definition) is 2. The topological polar surface area (TPSA) is 96.4 Å². The summed E-state index contributed by atoms with van der Waals surface area (Å²) in [5, 5.41) is 8.07. The van der Waals surface area contributed by atoms with Gasteiger partial charge in [0.1, 0.15) is 11.3 Å². The number of allylic oxidation sites excluding steroid dienone is 1. The number of aromatic nitrogens is 5. The summed E-state index contributed by atoms with van der Waals surface area (Å²) in [6.45, 7) is 4.04. The summed E-state index contributed by atoms with van der Waals surface area (Å²) in [4.78, 5) is 7.14. The fourth-order valence-corrected chi connectivity index (χ4v) is 3.64. The van der Waals surface area contributed by atoms with E-state index in [9.17, 15) is 8.42 Å². The standard InChI is InChI=1S/C14H15N5O2S/c1-8-2-4-9(5-3-8)19-12-10-6-7-15-13(10)16-14(22(20)21)11(12)17-18-19/h6-7,9,18H,1-5H2,(H,15,16). The minimum absolute atomic E-state index is 0.0276. The largest absolute Gasteiger partial charge is 0.346 e. The molecule has 1 saturated carbocycles. The fourth-order valence-electron chi connectivity index (χ4n) is 3.18. The number of nitrogens with zero attached hydrogens (tertiary/aromatic N) is 3. The van der Waals surface area contributed by atoms with Crippen LogP contribution in [-0.2, 0) is 10.3 Å². The highest BCUT2D eigenvalue weighted by atomic mass is 32.2. The summed E-state index contributed by atoms with van der Waals surface area (Å²) in [5.41, 5.74) is 3.02. The van der Waals surface area contributed by atoms with Crippen molar-refractivity contribution in [3.63, 3.8) is 0 Å². The number of fused-ring (bicyclic) bond motifs is 3. The summed E-state index contributed by atoms with van der Waals surface area (Å²) in [5.74, 6) is 0. The Hall–Kier alpha value is -2.35. The molecule has 22 heavy (non-hydrogen) atoms. The van der Waals surface area contributed by atoms with Gasteiger partial charge in [0.2, 0.25) is 14.9 Å². The van der Waals surface area contributed by atoms with Gasteiger partial charge in [0.05, 0.1) is 6.04 Å². The highest BCUT2D eigenvalue weighted by Crippen LogP contribution is 2.36. The van der Waals surface area contributed by atoms with Crippen molar-refractivity contribution in [2.75, 3.05) is 0 Å². The van der Waals surface area contributed by atoms with Crippen LogP contribution in [0.15, 0.2) is 24.4 Å². The third kappa shape index (κ3) is 1.91. The second kappa shape index (κ2) is 4.84. The van der Waals surface area contributed by atoms with E-state index in [0.29, 0.717) is 11.3 Å². The Bertz CT molecular complexity index is 1010. The second-order valence-electron chi connectivity index (χ2n) is 5.65. The lowest BCUT2D eigenvalue weighted by Crippen LogP contribution is -2.16. The summed E-state index contributed by atoms with van der Waals surface area (Å²) < 4.78 is 24.9. The molecule has 1 aliphatic carbocycles. The first kappa shape index (κ1) is 13.3. The molecular weight excluding hydrogens is 302 g/mol. The number of hydrogen-bond acceptors (Lipinski definition) is 4. The first-order valence-corrected chi connectivity index (χ1v) is 8.25. The zero-order valence-electron chi connectivity index (χ0n) is 11.8. The molecule has 1 aromatic rings. The summed E-state index contributed by atoms with van der Waals surface area (Å²) in [6, 6.07) is 2.17. The average molecular weight is 317 g/mol. The monoisotopic (exact) mass is 317 g/mol. The molecule has 0 amide bonds. The second-order valence-corrected chi connectivity index (χ2v) is 6.51. The van der Waals surface area contributed by atoms with Crippen molar-refractivity contribution in [3.05, 3.63) is 29.1 Å². The van der Waals surface area contributed by atoms with Gasteiger partial charge in [-0.05, 0) is 31.7 Å². The van der Waals surface area contributed by atoms with Gasteiger partial charge in [-0.2, -0.15) is 13.5 Å². The molecule has 0 bridgehead atoms. The zero-order chi connectivity index (χ0) is 15.3. The van der Waals surface area contributed by atoms with Gasteiger partial charge in [0.15, 0.2) is 5.69 Å². The highest BCUT2D eigenvalue weighted by Gasteiger charge is 2.25. The van der Waals surface area contributed by atoms with Gasteiger partial charge >= 0.3 is 0 Å². The van der Waals surface area contributed by atoms with Crippen molar-refractivity contribution < 1.29 is 8.42 Å². The molecule has 1 fully saturated rings. The molecule has 3 heterocycles. The van der Waals surface area contributed by atoms with E-state index >= 15 is 0 Å². The number of aromatic amines is 2. The minimum Gasteiger partial charge on any atom is -0.346 e. The molecule has 2 N–H and O–H groups in total. The van der Waals surface area contributed by atoms with Crippen LogP contribution in [0.2, 0.25) is 0 Å². The fraction of sp³-hybridized carbons (Fsp3) is 0.357. The lowest BCUT2D eigenvalue weighted by Gasteiger charge is -2.25. The van der Waals surface area contributed by atoms with Crippen molar-refractivity contribution >= 4 is 21.3 Å². The average Bonchev–Trinajstić information content (AvgIpc) is 3.12. The van der Waals surface area contributed by atoms with Gasteiger partial charge in [-0.25, -0.2) is 10.2 Å². The van der Waals surface area contributed by atoms with Crippen molar-refractivity contribution in [1.29, 1.82) is 0 Å². The van der Waals surface area contributed by atoms with Gasteiger partial charge in [-0.3, -0.25) is 4.68 Å². The van der Waals surface area contributed by atoms with Crippen molar-refractivity contribution in [3.8, 4) is 11.4 Å². The highest BCUT2D eigenvalue weighted by molar-refractivity contribution is 7.63. The van der Waals surface area contributed by atoms with Gasteiger partial charge < -0.3 is 4.98 Å². The molecule has 0 spiro atoms. The molecular formula is C14H15N5O2S.